The Morgan fingerprint density at radius 3 is 2.58 bits per heavy atom. The molecule has 1 fully saturated rings. The van der Waals surface area contributed by atoms with Crippen molar-refractivity contribution in [1.82, 2.24) is 20.2 Å². The number of para-hydroxylation sites is 1. The maximum atomic E-state index is 5.42. The third kappa shape index (κ3) is 6.12. The lowest BCUT2D eigenvalue weighted by Crippen LogP contribution is -2.45. The molecule has 1 unspecified atom stereocenters. The number of benzene rings is 2. The summed E-state index contributed by atoms with van der Waals surface area (Å²) in [5.41, 5.74) is 3.47. The number of nitrogens with zero attached hydrogens (tertiary/aromatic N) is 3. The van der Waals surface area contributed by atoms with Gasteiger partial charge in [-0.15, -0.1) is 0 Å². The first kappa shape index (κ1) is 21.5. The molecule has 1 N–H and O–H groups in total. The minimum Gasteiger partial charge on any atom is -0.496 e. The minimum atomic E-state index is 0.527. The van der Waals surface area contributed by atoms with Crippen molar-refractivity contribution in [2.45, 2.75) is 38.3 Å². The van der Waals surface area contributed by atoms with Crippen LogP contribution in [0.5, 0.6) is 5.75 Å². The largest absolute Gasteiger partial charge is 0.496 e. The molecular formula is C26H32N4O. The summed E-state index contributed by atoms with van der Waals surface area (Å²) in [6.45, 7) is 4.30. The van der Waals surface area contributed by atoms with E-state index >= 15 is 0 Å². The lowest BCUT2D eigenvalue weighted by molar-refractivity contribution is 0.188. The van der Waals surface area contributed by atoms with Crippen molar-refractivity contribution in [3.8, 4) is 17.1 Å². The minimum absolute atomic E-state index is 0.527. The van der Waals surface area contributed by atoms with E-state index < -0.39 is 0 Å². The van der Waals surface area contributed by atoms with Gasteiger partial charge in [-0.25, -0.2) is 9.97 Å². The summed E-state index contributed by atoms with van der Waals surface area (Å²) in [5, 5.41) is 3.71. The maximum Gasteiger partial charge on any atom is 0.162 e. The first-order chi connectivity index (χ1) is 15.3. The zero-order valence-corrected chi connectivity index (χ0v) is 18.3. The van der Waals surface area contributed by atoms with Crippen LogP contribution in [0.15, 0.2) is 67.0 Å². The van der Waals surface area contributed by atoms with Crippen molar-refractivity contribution in [3.05, 3.63) is 78.1 Å². The highest BCUT2D eigenvalue weighted by Crippen LogP contribution is 2.26. The first-order valence-corrected chi connectivity index (χ1v) is 11.3. The molecule has 2 heterocycles. The topological polar surface area (TPSA) is 50.3 Å². The molecule has 3 aromatic rings. The molecule has 5 nitrogen and oxygen atoms in total. The molecular weight excluding hydrogens is 384 g/mol. The summed E-state index contributed by atoms with van der Waals surface area (Å²) >= 11 is 0. The van der Waals surface area contributed by atoms with E-state index in [1.54, 1.807) is 7.11 Å². The van der Waals surface area contributed by atoms with Gasteiger partial charge >= 0.3 is 0 Å². The Labute approximate surface area is 185 Å². The Morgan fingerprint density at radius 1 is 1.00 bits per heavy atom. The normalized spacial score (nSPS) is 16.9. The lowest BCUT2D eigenvalue weighted by Gasteiger charge is -2.33. The van der Waals surface area contributed by atoms with E-state index in [9.17, 15) is 0 Å². The Hall–Kier alpha value is -2.76. The van der Waals surface area contributed by atoms with Crippen molar-refractivity contribution in [3.63, 3.8) is 0 Å². The fourth-order valence-corrected chi connectivity index (χ4v) is 4.25. The highest BCUT2D eigenvalue weighted by Gasteiger charge is 2.19. The number of rotatable bonds is 9. The molecule has 1 aliphatic rings. The molecule has 31 heavy (non-hydrogen) atoms. The molecule has 0 bridgehead atoms. The fraction of sp³-hybridized carbons (Fsp3) is 0.385. The van der Waals surface area contributed by atoms with Gasteiger partial charge in [-0.05, 0) is 56.5 Å². The number of likely N-dealkylation sites (tertiary alicyclic amines) is 1. The molecule has 0 spiro atoms. The summed E-state index contributed by atoms with van der Waals surface area (Å²) < 4.78 is 5.42. The number of hydrogen-bond donors (Lipinski definition) is 1. The Bertz CT molecular complexity index is 930. The Kier molecular flexibility index (Phi) is 7.64. The third-order valence-corrected chi connectivity index (χ3v) is 5.94. The van der Waals surface area contributed by atoms with Crippen LogP contribution in [0.4, 0.5) is 0 Å². The van der Waals surface area contributed by atoms with Crippen LogP contribution in [0.1, 0.15) is 30.4 Å². The van der Waals surface area contributed by atoms with E-state index in [0.717, 1.165) is 36.4 Å². The quantitative estimate of drug-likeness (QED) is 0.562. The predicted octanol–water partition coefficient (Wildman–Crippen LogP) is 4.34. The molecule has 1 aliphatic heterocycles. The summed E-state index contributed by atoms with van der Waals surface area (Å²) in [4.78, 5) is 11.7. The molecule has 0 saturated carbocycles. The molecule has 1 saturated heterocycles. The van der Waals surface area contributed by atoms with Crippen LogP contribution in [-0.2, 0) is 13.0 Å². The molecule has 4 rings (SSSR count). The zero-order valence-electron chi connectivity index (χ0n) is 18.3. The zero-order chi connectivity index (χ0) is 21.3. The molecule has 1 aromatic heterocycles. The second-order valence-electron chi connectivity index (χ2n) is 8.23. The number of ether oxygens (including phenoxy) is 1. The smallest absolute Gasteiger partial charge is 0.162 e. The molecule has 2 aromatic carbocycles. The summed E-state index contributed by atoms with van der Waals surface area (Å²) in [7, 11) is 1.67. The van der Waals surface area contributed by atoms with Crippen molar-refractivity contribution in [1.29, 1.82) is 0 Å². The van der Waals surface area contributed by atoms with Crippen molar-refractivity contribution in [2.75, 3.05) is 26.7 Å². The first-order valence-electron chi connectivity index (χ1n) is 11.3. The Morgan fingerprint density at radius 2 is 1.77 bits per heavy atom. The van der Waals surface area contributed by atoms with Gasteiger partial charge in [-0.3, -0.25) is 0 Å². The molecule has 0 radical (unpaired) electrons. The average molecular weight is 417 g/mol. The SMILES string of the molecule is COc1ccccc1-c1ncc(CNC2CCCN(CCCc3ccccc3)C2)cn1. The monoisotopic (exact) mass is 416 g/mol. The molecule has 0 amide bonds. The lowest BCUT2D eigenvalue weighted by atomic mass is 10.0. The van der Waals surface area contributed by atoms with Gasteiger partial charge in [0.1, 0.15) is 5.75 Å². The third-order valence-electron chi connectivity index (χ3n) is 5.94. The number of piperidine rings is 1. The highest BCUT2D eigenvalue weighted by atomic mass is 16.5. The standard InChI is InChI=1S/C26H32N4O/c1-31-25-14-6-5-13-24(25)26-28-18-22(19-29-26)17-27-23-12-8-16-30(20-23)15-7-11-21-9-3-2-4-10-21/h2-6,9-10,13-14,18-19,23,27H,7-8,11-12,15-17,20H2,1H3. The van der Waals surface area contributed by atoms with E-state index in [0.29, 0.717) is 11.9 Å². The van der Waals surface area contributed by atoms with E-state index in [1.165, 1.54) is 37.9 Å². The molecule has 5 heteroatoms. The van der Waals surface area contributed by atoms with Crippen LogP contribution in [0, 0.1) is 0 Å². The van der Waals surface area contributed by atoms with Crippen LogP contribution in [-0.4, -0.2) is 47.7 Å². The average Bonchev–Trinajstić information content (AvgIpc) is 2.84. The van der Waals surface area contributed by atoms with Gasteiger partial charge in [-0.2, -0.15) is 0 Å². The summed E-state index contributed by atoms with van der Waals surface area (Å²) in [5.74, 6) is 1.49. The van der Waals surface area contributed by atoms with Gasteiger partial charge in [0.05, 0.1) is 12.7 Å². The van der Waals surface area contributed by atoms with Gasteiger partial charge in [0.2, 0.25) is 0 Å². The van der Waals surface area contributed by atoms with Crippen LogP contribution in [0.25, 0.3) is 11.4 Å². The van der Waals surface area contributed by atoms with Crippen LogP contribution < -0.4 is 10.1 Å². The van der Waals surface area contributed by atoms with Gasteiger partial charge < -0.3 is 15.0 Å². The van der Waals surface area contributed by atoms with Gasteiger partial charge in [0, 0.05) is 37.1 Å². The summed E-state index contributed by atoms with van der Waals surface area (Å²) in [6.07, 6.45) is 8.70. The highest BCUT2D eigenvalue weighted by molar-refractivity contribution is 5.63. The number of methoxy groups -OCH3 is 1. The molecule has 162 valence electrons. The van der Waals surface area contributed by atoms with E-state index in [-0.39, 0.29) is 0 Å². The van der Waals surface area contributed by atoms with Crippen LogP contribution in [0.3, 0.4) is 0 Å². The van der Waals surface area contributed by atoms with Gasteiger partial charge in [0.15, 0.2) is 5.82 Å². The second kappa shape index (κ2) is 11.0. The number of hydrogen-bond acceptors (Lipinski definition) is 5. The maximum absolute atomic E-state index is 5.42. The van der Waals surface area contributed by atoms with Gasteiger partial charge in [0.25, 0.3) is 0 Å². The van der Waals surface area contributed by atoms with E-state index in [1.807, 2.05) is 36.7 Å². The van der Waals surface area contributed by atoms with E-state index in [4.69, 9.17) is 4.74 Å². The molecule has 0 aliphatic carbocycles. The van der Waals surface area contributed by atoms with Gasteiger partial charge in [-0.1, -0.05) is 42.5 Å². The fourth-order valence-electron chi connectivity index (χ4n) is 4.25. The molecule has 1 atom stereocenters. The second-order valence-corrected chi connectivity index (χ2v) is 8.23. The van der Waals surface area contributed by atoms with Crippen molar-refractivity contribution in [2.24, 2.45) is 0 Å². The van der Waals surface area contributed by atoms with Crippen molar-refractivity contribution < 1.29 is 4.74 Å². The summed E-state index contributed by atoms with van der Waals surface area (Å²) in [6, 6.07) is 19.2. The number of nitrogens with one attached hydrogen (secondary N) is 1. The Balaban J connectivity index is 1.24. The number of aromatic nitrogens is 2. The number of aryl methyl sites for hydroxylation is 1. The van der Waals surface area contributed by atoms with Crippen LogP contribution in [0.2, 0.25) is 0 Å². The van der Waals surface area contributed by atoms with Crippen LogP contribution >= 0.6 is 0 Å². The predicted molar refractivity (Wildman–Crippen MR) is 125 cm³/mol. The van der Waals surface area contributed by atoms with E-state index in [2.05, 4.69) is 50.5 Å². The van der Waals surface area contributed by atoms with Crippen molar-refractivity contribution >= 4 is 0 Å².